The molecule has 0 aliphatic rings. The number of nitrogens with two attached hydrogens (primary N) is 1. The first-order chi connectivity index (χ1) is 9.33. The van der Waals surface area contributed by atoms with E-state index in [9.17, 15) is 0 Å². The standard InChI is InChI=1S/C14H23N3O2/c1-2-18-11-6-9-16-14(15)17-10-12-19-13-7-4-3-5-8-13/h3-5,7-8H,2,6,9-12H2,1H3,(H3,15,16,17). The normalized spacial score (nSPS) is 11.3. The van der Waals surface area contributed by atoms with E-state index in [1.54, 1.807) is 0 Å². The van der Waals surface area contributed by atoms with Gasteiger partial charge in [0, 0.05) is 19.8 Å². The van der Waals surface area contributed by atoms with Gasteiger partial charge in [-0.05, 0) is 25.5 Å². The fraction of sp³-hybridized carbons (Fsp3) is 0.500. The van der Waals surface area contributed by atoms with Crippen molar-refractivity contribution in [2.45, 2.75) is 13.3 Å². The molecule has 0 atom stereocenters. The van der Waals surface area contributed by atoms with Gasteiger partial charge in [0.1, 0.15) is 12.4 Å². The SMILES string of the molecule is CCOCCCN=C(N)NCCOc1ccccc1. The van der Waals surface area contributed by atoms with Crippen LogP contribution < -0.4 is 15.8 Å². The molecule has 0 unspecified atom stereocenters. The molecular formula is C14H23N3O2. The predicted molar refractivity (Wildman–Crippen MR) is 77.5 cm³/mol. The van der Waals surface area contributed by atoms with Gasteiger partial charge in [-0.1, -0.05) is 18.2 Å². The van der Waals surface area contributed by atoms with Gasteiger partial charge in [-0.25, -0.2) is 0 Å². The Kier molecular flexibility index (Phi) is 8.22. The van der Waals surface area contributed by atoms with Gasteiger partial charge in [0.25, 0.3) is 0 Å². The lowest BCUT2D eigenvalue weighted by Crippen LogP contribution is -2.34. The second-order valence-electron chi connectivity index (χ2n) is 3.91. The Hall–Kier alpha value is -1.75. The molecule has 0 radical (unpaired) electrons. The maximum absolute atomic E-state index is 5.71. The van der Waals surface area contributed by atoms with Crippen molar-refractivity contribution in [1.82, 2.24) is 5.32 Å². The zero-order valence-electron chi connectivity index (χ0n) is 11.5. The van der Waals surface area contributed by atoms with Crippen LogP contribution in [0.5, 0.6) is 5.75 Å². The van der Waals surface area contributed by atoms with Crippen LogP contribution in [0.4, 0.5) is 0 Å². The molecule has 0 amide bonds. The minimum Gasteiger partial charge on any atom is -0.492 e. The molecule has 3 N–H and O–H groups in total. The number of rotatable bonds is 9. The zero-order valence-corrected chi connectivity index (χ0v) is 11.5. The summed E-state index contributed by atoms with van der Waals surface area (Å²) in [5.41, 5.74) is 5.71. The Morgan fingerprint density at radius 2 is 2.05 bits per heavy atom. The summed E-state index contributed by atoms with van der Waals surface area (Å²) in [6, 6.07) is 9.68. The summed E-state index contributed by atoms with van der Waals surface area (Å²) in [5, 5.41) is 3.01. The third-order valence-corrected chi connectivity index (χ3v) is 2.35. The summed E-state index contributed by atoms with van der Waals surface area (Å²) in [6.07, 6.45) is 0.886. The van der Waals surface area contributed by atoms with Crippen LogP contribution in [0.3, 0.4) is 0 Å². The first-order valence-corrected chi connectivity index (χ1v) is 6.62. The molecule has 0 fully saturated rings. The third kappa shape index (κ3) is 8.05. The molecule has 0 saturated carbocycles. The van der Waals surface area contributed by atoms with Gasteiger partial charge >= 0.3 is 0 Å². The fourth-order valence-electron chi connectivity index (χ4n) is 1.43. The molecule has 5 nitrogen and oxygen atoms in total. The number of ether oxygens (including phenoxy) is 2. The molecule has 0 saturated heterocycles. The monoisotopic (exact) mass is 265 g/mol. The van der Waals surface area contributed by atoms with Crippen molar-refractivity contribution in [2.24, 2.45) is 10.7 Å². The predicted octanol–water partition coefficient (Wildman–Crippen LogP) is 1.40. The summed E-state index contributed by atoms with van der Waals surface area (Å²) >= 11 is 0. The maximum atomic E-state index is 5.71. The van der Waals surface area contributed by atoms with Crippen molar-refractivity contribution in [2.75, 3.05) is 32.9 Å². The van der Waals surface area contributed by atoms with E-state index >= 15 is 0 Å². The molecule has 1 rings (SSSR count). The minimum absolute atomic E-state index is 0.452. The molecule has 1 aromatic carbocycles. The number of benzene rings is 1. The molecule has 0 bridgehead atoms. The topological polar surface area (TPSA) is 68.9 Å². The average molecular weight is 265 g/mol. The Balaban J connectivity index is 2.03. The molecule has 106 valence electrons. The molecule has 19 heavy (non-hydrogen) atoms. The molecule has 5 heteroatoms. The molecule has 0 aromatic heterocycles. The second kappa shape index (κ2) is 10.2. The Morgan fingerprint density at radius 1 is 1.26 bits per heavy atom. The first kappa shape index (κ1) is 15.3. The number of hydrogen-bond donors (Lipinski definition) is 2. The van der Waals surface area contributed by atoms with Gasteiger partial charge in [-0.2, -0.15) is 0 Å². The van der Waals surface area contributed by atoms with Crippen LogP contribution in [0.1, 0.15) is 13.3 Å². The lowest BCUT2D eigenvalue weighted by atomic mass is 10.3. The number of nitrogens with one attached hydrogen (secondary N) is 1. The highest BCUT2D eigenvalue weighted by Gasteiger charge is 1.93. The van der Waals surface area contributed by atoms with Crippen LogP contribution in [0, 0.1) is 0 Å². The Labute approximate surface area is 114 Å². The van der Waals surface area contributed by atoms with Gasteiger partial charge in [-0.15, -0.1) is 0 Å². The maximum Gasteiger partial charge on any atom is 0.188 e. The summed E-state index contributed by atoms with van der Waals surface area (Å²) < 4.78 is 10.7. The number of aliphatic imine (C=N–C) groups is 1. The van der Waals surface area contributed by atoms with Crippen molar-refractivity contribution in [3.05, 3.63) is 30.3 Å². The van der Waals surface area contributed by atoms with Gasteiger partial charge in [0.15, 0.2) is 5.96 Å². The highest BCUT2D eigenvalue weighted by Crippen LogP contribution is 2.07. The fourth-order valence-corrected chi connectivity index (χ4v) is 1.43. The number of nitrogens with zero attached hydrogens (tertiary/aromatic N) is 1. The van der Waals surface area contributed by atoms with E-state index in [1.165, 1.54) is 0 Å². The highest BCUT2D eigenvalue weighted by atomic mass is 16.5. The summed E-state index contributed by atoms with van der Waals surface area (Å²) in [4.78, 5) is 4.19. The van der Waals surface area contributed by atoms with Crippen LogP contribution in [0.15, 0.2) is 35.3 Å². The number of hydrogen-bond acceptors (Lipinski definition) is 3. The Morgan fingerprint density at radius 3 is 2.79 bits per heavy atom. The molecule has 1 aromatic rings. The van der Waals surface area contributed by atoms with Crippen LogP contribution in [-0.2, 0) is 4.74 Å². The third-order valence-electron chi connectivity index (χ3n) is 2.35. The second-order valence-corrected chi connectivity index (χ2v) is 3.91. The minimum atomic E-state index is 0.452. The van der Waals surface area contributed by atoms with Gasteiger partial charge < -0.3 is 20.5 Å². The van der Waals surface area contributed by atoms with Crippen LogP contribution >= 0.6 is 0 Å². The first-order valence-electron chi connectivity index (χ1n) is 6.62. The highest BCUT2D eigenvalue weighted by molar-refractivity contribution is 5.77. The van der Waals surface area contributed by atoms with Crippen LogP contribution in [-0.4, -0.2) is 38.9 Å². The van der Waals surface area contributed by atoms with Crippen molar-refractivity contribution < 1.29 is 9.47 Å². The van der Waals surface area contributed by atoms with E-state index in [0.717, 1.165) is 25.4 Å². The summed E-state index contributed by atoms with van der Waals surface area (Å²) in [7, 11) is 0. The van der Waals surface area contributed by atoms with Crippen LogP contribution in [0.2, 0.25) is 0 Å². The summed E-state index contributed by atoms with van der Waals surface area (Å²) in [5.74, 6) is 1.31. The van der Waals surface area contributed by atoms with Crippen molar-refractivity contribution in [3.8, 4) is 5.75 Å². The van der Waals surface area contributed by atoms with Gasteiger partial charge in [0.2, 0.25) is 0 Å². The Bertz CT molecular complexity index is 355. The van der Waals surface area contributed by atoms with Gasteiger partial charge in [0.05, 0.1) is 6.54 Å². The number of guanidine groups is 1. The quantitative estimate of drug-likeness (QED) is 0.402. The molecule has 0 aliphatic heterocycles. The van der Waals surface area contributed by atoms with Crippen molar-refractivity contribution in [3.63, 3.8) is 0 Å². The van der Waals surface area contributed by atoms with E-state index in [1.807, 2.05) is 37.3 Å². The average Bonchev–Trinajstić information content (AvgIpc) is 2.44. The van der Waals surface area contributed by atoms with E-state index in [2.05, 4.69) is 10.3 Å². The van der Waals surface area contributed by atoms with Crippen molar-refractivity contribution >= 4 is 5.96 Å². The van der Waals surface area contributed by atoms with E-state index in [4.69, 9.17) is 15.2 Å². The lowest BCUT2D eigenvalue weighted by molar-refractivity contribution is 0.146. The van der Waals surface area contributed by atoms with Crippen LogP contribution in [0.25, 0.3) is 0 Å². The van der Waals surface area contributed by atoms with E-state index < -0.39 is 0 Å². The lowest BCUT2D eigenvalue weighted by Gasteiger charge is -2.08. The van der Waals surface area contributed by atoms with Crippen molar-refractivity contribution in [1.29, 1.82) is 0 Å². The molecule has 0 aliphatic carbocycles. The number of para-hydroxylation sites is 1. The summed E-state index contributed by atoms with van der Waals surface area (Å²) in [6.45, 7) is 5.32. The smallest absolute Gasteiger partial charge is 0.188 e. The van der Waals surface area contributed by atoms with E-state index in [-0.39, 0.29) is 0 Å². The molecule has 0 heterocycles. The molecule has 0 spiro atoms. The van der Waals surface area contributed by atoms with Gasteiger partial charge in [-0.3, -0.25) is 4.99 Å². The largest absolute Gasteiger partial charge is 0.492 e. The molecular weight excluding hydrogens is 242 g/mol. The van der Waals surface area contributed by atoms with E-state index in [0.29, 0.717) is 25.7 Å². The zero-order chi connectivity index (χ0) is 13.8.